The molecule has 0 saturated carbocycles. The lowest BCUT2D eigenvalue weighted by Gasteiger charge is -2.13. The van der Waals surface area contributed by atoms with Crippen molar-refractivity contribution < 1.29 is 9.13 Å². The fourth-order valence-electron chi connectivity index (χ4n) is 1.25. The van der Waals surface area contributed by atoms with E-state index in [9.17, 15) is 4.39 Å². The summed E-state index contributed by atoms with van der Waals surface area (Å²) in [7, 11) is 0. The van der Waals surface area contributed by atoms with Crippen molar-refractivity contribution in [3.8, 4) is 0 Å². The molecule has 0 amide bonds. The van der Waals surface area contributed by atoms with Crippen LogP contribution in [0, 0.1) is 5.82 Å². The summed E-state index contributed by atoms with van der Waals surface area (Å²) in [6.45, 7) is 3.02. The Hall–Kier alpha value is -0.450. The first kappa shape index (κ1) is 12.6. The third-order valence-corrected chi connectivity index (χ3v) is 2.64. The second-order valence-corrected chi connectivity index (χ2v) is 4.18. The molecule has 0 bridgehead atoms. The molecule has 0 aromatic heterocycles. The van der Waals surface area contributed by atoms with Crippen LogP contribution >= 0.6 is 15.9 Å². The molecular formula is C11H15BrFNO. The van der Waals surface area contributed by atoms with Crippen LogP contribution < -0.4 is 5.73 Å². The van der Waals surface area contributed by atoms with E-state index in [-0.39, 0.29) is 5.82 Å². The first-order chi connectivity index (χ1) is 7.16. The van der Waals surface area contributed by atoms with E-state index in [2.05, 4.69) is 15.9 Å². The molecule has 1 atom stereocenters. The van der Waals surface area contributed by atoms with E-state index in [1.54, 1.807) is 18.2 Å². The molecule has 0 spiro atoms. The third-order valence-electron chi connectivity index (χ3n) is 2.03. The summed E-state index contributed by atoms with van der Waals surface area (Å²) < 4.78 is 19.3. The van der Waals surface area contributed by atoms with E-state index in [0.29, 0.717) is 23.2 Å². The minimum Gasteiger partial charge on any atom is -0.379 e. The van der Waals surface area contributed by atoms with Crippen LogP contribution in [-0.2, 0) is 4.74 Å². The van der Waals surface area contributed by atoms with Crippen molar-refractivity contribution in [2.24, 2.45) is 5.73 Å². The zero-order chi connectivity index (χ0) is 11.3. The molecule has 1 aromatic carbocycles. The van der Waals surface area contributed by atoms with Crippen molar-refractivity contribution in [2.75, 3.05) is 13.2 Å². The van der Waals surface area contributed by atoms with Crippen LogP contribution in [0.2, 0.25) is 0 Å². The van der Waals surface area contributed by atoms with Crippen molar-refractivity contribution >= 4 is 15.9 Å². The lowest BCUT2D eigenvalue weighted by atomic mass is 10.1. The number of rotatable bonds is 5. The molecule has 0 fully saturated rings. The van der Waals surface area contributed by atoms with Crippen molar-refractivity contribution in [3.05, 3.63) is 34.1 Å². The van der Waals surface area contributed by atoms with E-state index < -0.39 is 6.04 Å². The molecule has 2 nitrogen and oxygen atoms in total. The lowest BCUT2D eigenvalue weighted by molar-refractivity contribution is 0.121. The Kier molecular flexibility index (Phi) is 5.22. The van der Waals surface area contributed by atoms with Gasteiger partial charge in [-0.3, -0.25) is 0 Å². The van der Waals surface area contributed by atoms with E-state index in [4.69, 9.17) is 10.5 Å². The summed E-state index contributed by atoms with van der Waals surface area (Å²) in [6.07, 6.45) is 0.938. The second-order valence-electron chi connectivity index (χ2n) is 3.32. The van der Waals surface area contributed by atoms with E-state index >= 15 is 0 Å². The summed E-state index contributed by atoms with van der Waals surface area (Å²) in [6, 6.07) is 4.69. The maximum atomic E-state index is 13.6. The van der Waals surface area contributed by atoms with Crippen LogP contribution in [0.25, 0.3) is 0 Å². The normalized spacial score (nSPS) is 12.8. The Morgan fingerprint density at radius 2 is 2.27 bits per heavy atom. The SMILES string of the molecule is CCCOCC(N)c1cccc(Br)c1F. The van der Waals surface area contributed by atoms with Crippen LogP contribution in [-0.4, -0.2) is 13.2 Å². The topological polar surface area (TPSA) is 35.2 Å². The predicted molar refractivity (Wildman–Crippen MR) is 62.1 cm³/mol. The van der Waals surface area contributed by atoms with Gasteiger partial charge in [-0.2, -0.15) is 0 Å². The van der Waals surface area contributed by atoms with Gasteiger partial charge in [-0.1, -0.05) is 19.1 Å². The van der Waals surface area contributed by atoms with E-state index in [1.165, 1.54) is 0 Å². The first-order valence-corrected chi connectivity index (χ1v) is 5.73. The fraction of sp³-hybridized carbons (Fsp3) is 0.455. The Morgan fingerprint density at radius 3 is 2.93 bits per heavy atom. The largest absolute Gasteiger partial charge is 0.379 e. The number of benzene rings is 1. The van der Waals surface area contributed by atoms with E-state index in [1.807, 2.05) is 6.92 Å². The molecule has 0 saturated heterocycles. The average Bonchev–Trinajstić information content (AvgIpc) is 2.22. The van der Waals surface area contributed by atoms with Crippen LogP contribution in [0.3, 0.4) is 0 Å². The van der Waals surface area contributed by atoms with Gasteiger partial charge in [-0.05, 0) is 28.4 Å². The summed E-state index contributed by atoms with van der Waals surface area (Å²) in [5, 5.41) is 0. The second kappa shape index (κ2) is 6.20. The van der Waals surface area contributed by atoms with Crippen LogP contribution in [0.15, 0.2) is 22.7 Å². The van der Waals surface area contributed by atoms with Gasteiger partial charge in [0.2, 0.25) is 0 Å². The fourth-order valence-corrected chi connectivity index (χ4v) is 1.63. The smallest absolute Gasteiger partial charge is 0.142 e. The van der Waals surface area contributed by atoms with Gasteiger partial charge in [0.05, 0.1) is 17.1 Å². The van der Waals surface area contributed by atoms with Crippen LogP contribution in [0.1, 0.15) is 24.9 Å². The number of nitrogens with two attached hydrogens (primary N) is 1. The van der Waals surface area contributed by atoms with Gasteiger partial charge in [-0.15, -0.1) is 0 Å². The Balaban J connectivity index is 2.65. The zero-order valence-corrected chi connectivity index (χ0v) is 10.3. The predicted octanol–water partition coefficient (Wildman–Crippen LogP) is 3.01. The Labute approximate surface area is 97.7 Å². The highest BCUT2D eigenvalue weighted by Crippen LogP contribution is 2.22. The summed E-state index contributed by atoms with van der Waals surface area (Å²) in [5.41, 5.74) is 6.31. The summed E-state index contributed by atoms with van der Waals surface area (Å²) in [4.78, 5) is 0. The highest BCUT2D eigenvalue weighted by Gasteiger charge is 2.13. The van der Waals surface area contributed by atoms with Crippen LogP contribution in [0.4, 0.5) is 4.39 Å². The zero-order valence-electron chi connectivity index (χ0n) is 8.67. The molecule has 0 radical (unpaired) electrons. The van der Waals surface area contributed by atoms with Crippen LogP contribution in [0.5, 0.6) is 0 Å². The molecule has 4 heteroatoms. The maximum Gasteiger partial charge on any atom is 0.142 e. The molecule has 1 rings (SSSR count). The Bertz CT molecular complexity index is 319. The first-order valence-electron chi connectivity index (χ1n) is 4.94. The van der Waals surface area contributed by atoms with Gasteiger partial charge >= 0.3 is 0 Å². The average molecular weight is 276 g/mol. The van der Waals surface area contributed by atoms with Crippen molar-refractivity contribution in [1.82, 2.24) is 0 Å². The number of hydrogen-bond donors (Lipinski definition) is 1. The summed E-state index contributed by atoms with van der Waals surface area (Å²) >= 11 is 3.12. The molecule has 0 aliphatic carbocycles. The standard InChI is InChI=1S/C11H15BrFNO/c1-2-6-15-7-10(14)8-4-3-5-9(12)11(8)13/h3-5,10H,2,6-7,14H2,1H3. The monoisotopic (exact) mass is 275 g/mol. The molecular weight excluding hydrogens is 261 g/mol. The molecule has 0 heterocycles. The highest BCUT2D eigenvalue weighted by atomic mass is 79.9. The molecule has 84 valence electrons. The van der Waals surface area contributed by atoms with Gasteiger partial charge < -0.3 is 10.5 Å². The lowest BCUT2D eigenvalue weighted by Crippen LogP contribution is -2.18. The van der Waals surface area contributed by atoms with Gasteiger partial charge in [0.1, 0.15) is 5.82 Å². The summed E-state index contributed by atoms with van der Waals surface area (Å²) in [5.74, 6) is -0.301. The highest BCUT2D eigenvalue weighted by molar-refractivity contribution is 9.10. The van der Waals surface area contributed by atoms with Crippen molar-refractivity contribution in [1.29, 1.82) is 0 Å². The minimum atomic E-state index is -0.408. The Morgan fingerprint density at radius 1 is 1.53 bits per heavy atom. The molecule has 1 unspecified atom stereocenters. The molecule has 0 aliphatic heterocycles. The van der Waals surface area contributed by atoms with Crippen molar-refractivity contribution in [3.63, 3.8) is 0 Å². The molecule has 1 aromatic rings. The quantitative estimate of drug-likeness (QED) is 0.839. The van der Waals surface area contributed by atoms with E-state index in [0.717, 1.165) is 6.42 Å². The van der Waals surface area contributed by atoms with Crippen molar-refractivity contribution in [2.45, 2.75) is 19.4 Å². The van der Waals surface area contributed by atoms with Gasteiger partial charge in [0.15, 0.2) is 0 Å². The number of halogens is 2. The van der Waals surface area contributed by atoms with Gasteiger partial charge in [-0.25, -0.2) is 4.39 Å². The molecule has 2 N–H and O–H groups in total. The maximum absolute atomic E-state index is 13.6. The third kappa shape index (κ3) is 3.55. The molecule has 0 aliphatic rings. The number of hydrogen-bond acceptors (Lipinski definition) is 2. The van der Waals surface area contributed by atoms with Gasteiger partial charge in [0, 0.05) is 12.2 Å². The molecule has 15 heavy (non-hydrogen) atoms. The number of ether oxygens (including phenoxy) is 1. The minimum absolute atomic E-state index is 0.301. The van der Waals surface area contributed by atoms with Gasteiger partial charge in [0.25, 0.3) is 0 Å².